The molecule has 0 spiro atoms. The lowest BCUT2D eigenvalue weighted by molar-refractivity contribution is -0.121. The molecule has 124 valence electrons. The number of benzene rings is 1. The molecule has 1 aromatic heterocycles. The number of para-hydroxylation sites is 1. The molecule has 1 aliphatic rings. The van der Waals surface area contributed by atoms with Gasteiger partial charge in [0.2, 0.25) is 5.91 Å². The summed E-state index contributed by atoms with van der Waals surface area (Å²) in [5, 5.41) is 13.6. The number of hydrogen-bond donors (Lipinski definition) is 2. The molecule has 2 heterocycles. The van der Waals surface area contributed by atoms with Crippen LogP contribution in [0.5, 0.6) is 0 Å². The van der Waals surface area contributed by atoms with Gasteiger partial charge in [-0.25, -0.2) is 0 Å². The molecule has 0 saturated carbocycles. The second kappa shape index (κ2) is 7.62. The molecule has 0 bridgehead atoms. The highest BCUT2D eigenvalue weighted by Gasteiger charge is 2.21. The van der Waals surface area contributed by atoms with Gasteiger partial charge in [0.1, 0.15) is 6.54 Å². The Kier molecular flexibility index (Phi) is 5.31. The van der Waals surface area contributed by atoms with E-state index in [1.54, 1.807) is 0 Å². The third-order valence-corrected chi connectivity index (χ3v) is 4.68. The van der Waals surface area contributed by atoms with Gasteiger partial charge >= 0.3 is 0 Å². The number of nitrogens with one attached hydrogen (secondary N) is 1. The topological polar surface area (TPSA) is 57.5 Å². The van der Waals surface area contributed by atoms with Crippen molar-refractivity contribution in [2.45, 2.75) is 31.8 Å². The fourth-order valence-electron chi connectivity index (χ4n) is 3.39. The number of aromatic nitrogens is 1. The van der Waals surface area contributed by atoms with Crippen molar-refractivity contribution in [2.24, 2.45) is 0 Å². The number of nitrogens with zero attached hydrogens (tertiary/aromatic N) is 2. The van der Waals surface area contributed by atoms with E-state index in [0.29, 0.717) is 13.1 Å². The molecule has 2 N–H and O–H groups in total. The van der Waals surface area contributed by atoms with E-state index in [1.165, 1.54) is 12.8 Å². The highest BCUT2D eigenvalue weighted by molar-refractivity contribution is 5.83. The Morgan fingerprint density at radius 2 is 2.13 bits per heavy atom. The first-order chi connectivity index (χ1) is 11.3. The zero-order valence-electron chi connectivity index (χ0n) is 13.4. The van der Waals surface area contributed by atoms with Crippen molar-refractivity contribution < 1.29 is 9.90 Å². The summed E-state index contributed by atoms with van der Waals surface area (Å²) in [6, 6.07) is 10.4. The van der Waals surface area contributed by atoms with Crippen LogP contribution in [0.25, 0.3) is 10.9 Å². The highest BCUT2D eigenvalue weighted by Crippen LogP contribution is 2.16. The van der Waals surface area contributed by atoms with Crippen molar-refractivity contribution in [3.63, 3.8) is 0 Å². The van der Waals surface area contributed by atoms with E-state index in [1.807, 2.05) is 35.0 Å². The van der Waals surface area contributed by atoms with Gasteiger partial charge < -0.3 is 15.0 Å². The van der Waals surface area contributed by atoms with Crippen LogP contribution in [0.1, 0.15) is 19.3 Å². The van der Waals surface area contributed by atoms with E-state index in [-0.39, 0.29) is 18.6 Å². The van der Waals surface area contributed by atoms with Gasteiger partial charge in [0, 0.05) is 30.8 Å². The minimum absolute atomic E-state index is 0.0314. The molecule has 0 radical (unpaired) electrons. The Hall–Kier alpha value is -1.85. The maximum absolute atomic E-state index is 12.1. The number of aliphatic hydroxyl groups excluding tert-OH is 1. The molecule has 1 aliphatic heterocycles. The van der Waals surface area contributed by atoms with Gasteiger partial charge in [-0.1, -0.05) is 24.6 Å². The van der Waals surface area contributed by atoms with E-state index >= 15 is 0 Å². The van der Waals surface area contributed by atoms with Gasteiger partial charge in [0.05, 0.1) is 6.61 Å². The van der Waals surface area contributed by atoms with Gasteiger partial charge in [-0.3, -0.25) is 9.69 Å². The second-order valence-corrected chi connectivity index (χ2v) is 6.22. The number of likely N-dealkylation sites (tertiary alicyclic amines) is 1. The molecule has 3 rings (SSSR count). The minimum Gasteiger partial charge on any atom is -0.395 e. The van der Waals surface area contributed by atoms with Crippen LogP contribution in [0.2, 0.25) is 0 Å². The average molecular weight is 315 g/mol. The SMILES string of the molecule is O=C(Cn1ccc2ccccc21)NCCN1CCCCC1CO. The van der Waals surface area contributed by atoms with Crippen molar-refractivity contribution in [3.05, 3.63) is 36.5 Å². The highest BCUT2D eigenvalue weighted by atomic mass is 16.3. The smallest absolute Gasteiger partial charge is 0.239 e. The Labute approximate surface area is 136 Å². The normalized spacial score (nSPS) is 19.1. The van der Waals surface area contributed by atoms with Gasteiger partial charge in [-0.15, -0.1) is 0 Å². The number of aliphatic hydroxyl groups is 1. The molecule has 5 nitrogen and oxygen atoms in total. The zero-order valence-corrected chi connectivity index (χ0v) is 13.4. The van der Waals surface area contributed by atoms with Gasteiger partial charge in [-0.05, 0) is 36.9 Å². The van der Waals surface area contributed by atoms with E-state index in [0.717, 1.165) is 30.4 Å². The molecule has 1 unspecified atom stereocenters. The molecule has 0 aliphatic carbocycles. The van der Waals surface area contributed by atoms with Crippen molar-refractivity contribution >= 4 is 16.8 Å². The third-order valence-electron chi connectivity index (χ3n) is 4.68. The number of rotatable bonds is 6. The van der Waals surface area contributed by atoms with Crippen LogP contribution in [-0.4, -0.2) is 52.8 Å². The van der Waals surface area contributed by atoms with Crippen LogP contribution in [0.15, 0.2) is 36.5 Å². The first-order valence-electron chi connectivity index (χ1n) is 8.43. The molecular weight excluding hydrogens is 290 g/mol. The minimum atomic E-state index is 0.0314. The number of amides is 1. The maximum Gasteiger partial charge on any atom is 0.239 e. The molecule has 5 heteroatoms. The summed E-state index contributed by atoms with van der Waals surface area (Å²) in [7, 11) is 0. The molecule has 2 aromatic rings. The Balaban J connectivity index is 1.48. The molecule has 23 heavy (non-hydrogen) atoms. The van der Waals surface area contributed by atoms with Crippen molar-refractivity contribution in [3.8, 4) is 0 Å². The number of piperidine rings is 1. The number of carbonyl (C=O) groups excluding carboxylic acids is 1. The number of fused-ring (bicyclic) bond motifs is 1. The molecular formula is C18H25N3O2. The molecule has 1 saturated heterocycles. The average Bonchev–Trinajstić information content (AvgIpc) is 2.98. The maximum atomic E-state index is 12.1. The number of hydrogen-bond acceptors (Lipinski definition) is 3. The van der Waals surface area contributed by atoms with Crippen LogP contribution in [0.4, 0.5) is 0 Å². The van der Waals surface area contributed by atoms with Crippen LogP contribution >= 0.6 is 0 Å². The van der Waals surface area contributed by atoms with Crippen molar-refractivity contribution in [2.75, 3.05) is 26.2 Å². The summed E-state index contributed by atoms with van der Waals surface area (Å²) in [4.78, 5) is 14.4. The lowest BCUT2D eigenvalue weighted by Gasteiger charge is -2.34. The van der Waals surface area contributed by atoms with Crippen LogP contribution in [0.3, 0.4) is 0 Å². The predicted octanol–water partition coefficient (Wildman–Crippen LogP) is 1.60. The monoisotopic (exact) mass is 315 g/mol. The first-order valence-corrected chi connectivity index (χ1v) is 8.43. The molecule has 1 atom stereocenters. The van der Waals surface area contributed by atoms with Crippen LogP contribution in [0, 0.1) is 0 Å². The number of carbonyl (C=O) groups is 1. The molecule has 1 fully saturated rings. The molecule has 1 amide bonds. The van der Waals surface area contributed by atoms with Crippen molar-refractivity contribution in [1.29, 1.82) is 0 Å². The second-order valence-electron chi connectivity index (χ2n) is 6.22. The Morgan fingerprint density at radius 1 is 1.26 bits per heavy atom. The summed E-state index contributed by atoms with van der Waals surface area (Å²) < 4.78 is 1.97. The lowest BCUT2D eigenvalue weighted by Crippen LogP contribution is -2.45. The van der Waals surface area contributed by atoms with Gasteiger partial charge in [0.15, 0.2) is 0 Å². The van der Waals surface area contributed by atoms with Gasteiger partial charge in [-0.2, -0.15) is 0 Å². The Bertz CT molecular complexity index is 653. The summed E-state index contributed by atoms with van der Waals surface area (Å²) in [6.07, 6.45) is 5.38. The standard InChI is InChI=1S/C18H25N3O2/c22-14-16-6-3-4-10-20(16)12-9-19-18(23)13-21-11-8-15-5-1-2-7-17(15)21/h1-2,5,7-8,11,16,22H,3-4,6,9-10,12-14H2,(H,19,23). The summed E-state index contributed by atoms with van der Waals surface area (Å²) in [6.45, 7) is 3.02. The summed E-state index contributed by atoms with van der Waals surface area (Å²) in [5.41, 5.74) is 1.08. The fourth-order valence-corrected chi connectivity index (χ4v) is 3.39. The first kappa shape index (κ1) is 16.0. The molecule has 1 aromatic carbocycles. The van der Waals surface area contributed by atoms with Crippen LogP contribution < -0.4 is 5.32 Å². The van der Waals surface area contributed by atoms with E-state index < -0.39 is 0 Å². The van der Waals surface area contributed by atoms with E-state index in [2.05, 4.69) is 16.3 Å². The van der Waals surface area contributed by atoms with Gasteiger partial charge in [0.25, 0.3) is 0 Å². The Morgan fingerprint density at radius 3 is 3.00 bits per heavy atom. The van der Waals surface area contributed by atoms with E-state index in [4.69, 9.17) is 0 Å². The largest absolute Gasteiger partial charge is 0.395 e. The predicted molar refractivity (Wildman–Crippen MR) is 91.2 cm³/mol. The summed E-state index contributed by atoms with van der Waals surface area (Å²) in [5.74, 6) is 0.0314. The lowest BCUT2D eigenvalue weighted by atomic mass is 10.0. The van der Waals surface area contributed by atoms with E-state index in [9.17, 15) is 9.90 Å². The zero-order chi connectivity index (χ0) is 16.1. The summed E-state index contributed by atoms with van der Waals surface area (Å²) >= 11 is 0. The van der Waals surface area contributed by atoms with Crippen molar-refractivity contribution in [1.82, 2.24) is 14.8 Å². The quantitative estimate of drug-likeness (QED) is 0.851. The third kappa shape index (κ3) is 3.92. The fraction of sp³-hybridized carbons (Fsp3) is 0.500. The van der Waals surface area contributed by atoms with Crippen LogP contribution in [-0.2, 0) is 11.3 Å².